The molecule has 0 heterocycles. The lowest BCUT2D eigenvalue weighted by Crippen LogP contribution is -2.37. The van der Waals surface area contributed by atoms with Crippen LogP contribution < -0.4 is 11.5 Å². The van der Waals surface area contributed by atoms with Crippen LogP contribution in [-0.2, 0) is 22.4 Å². The summed E-state index contributed by atoms with van der Waals surface area (Å²) in [4.78, 5) is 44.7. The van der Waals surface area contributed by atoms with E-state index < -0.39 is 34.5 Å². The molecule has 0 aromatic heterocycles. The van der Waals surface area contributed by atoms with Gasteiger partial charge in [-0.15, -0.1) is 0 Å². The van der Waals surface area contributed by atoms with Gasteiger partial charge < -0.3 is 21.7 Å². The monoisotopic (exact) mass is 474 g/mol. The summed E-state index contributed by atoms with van der Waals surface area (Å²) in [6.07, 6.45) is 4.42. The van der Waals surface area contributed by atoms with Gasteiger partial charge in [0.15, 0.2) is 0 Å². The van der Waals surface area contributed by atoms with Crippen LogP contribution in [-0.4, -0.2) is 57.3 Å². The minimum atomic E-state index is -1.03. The lowest BCUT2D eigenvalue weighted by molar-refractivity contribution is 0.0686. The van der Waals surface area contributed by atoms with Crippen molar-refractivity contribution in [3.8, 4) is 0 Å². The first-order chi connectivity index (χ1) is 15.2. The number of carbonyl (C=O) groups is 2. The van der Waals surface area contributed by atoms with Gasteiger partial charge in [0.05, 0.1) is 21.6 Å². The van der Waals surface area contributed by atoms with Crippen LogP contribution in [0.5, 0.6) is 0 Å². The number of hydrogen-bond donors (Lipinski definition) is 4. The standard InChI is InChI=1S/C22H22N2O6S2/c23-17(9-13-1-5-15(6-2-13)21(27)28)19(11-25)31-32-20(12-26)18(24)10-14-3-7-16(8-4-14)22(29)30/h1-8,17-20H,9-10,23-24H2,(H,27,28)(H,29,30)/t17-,18-,19+,20?/m0/s1. The van der Waals surface area contributed by atoms with Crippen LogP contribution >= 0.6 is 21.6 Å². The third-order valence-electron chi connectivity index (χ3n) is 4.62. The molecule has 8 nitrogen and oxygen atoms in total. The van der Waals surface area contributed by atoms with Crippen molar-refractivity contribution in [3.05, 3.63) is 70.8 Å². The highest BCUT2D eigenvalue weighted by atomic mass is 33.1. The lowest BCUT2D eigenvalue weighted by atomic mass is 10.0. The van der Waals surface area contributed by atoms with Crippen molar-refractivity contribution in [2.45, 2.75) is 35.4 Å². The average Bonchev–Trinajstić information content (AvgIpc) is 2.77. The third kappa shape index (κ3) is 7.49. The highest BCUT2D eigenvalue weighted by Crippen LogP contribution is 2.33. The highest BCUT2D eigenvalue weighted by Gasteiger charge is 2.25. The molecular weight excluding hydrogens is 452 g/mol. The topological polar surface area (TPSA) is 161 Å². The molecular formula is C22H22N2O6S2. The van der Waals surface area contributed by atoms with Gasteiger partial charge in [0.2, 0.25) is 12.6 Å². The molecule has 32 heavy (non-hydrogen) atoms. The first-order valence-corrected chi connectivity index (χ1v) is 11.8. The van der Waals surface area contributed by atoms with Crippen molar-refractivity contribution < 1.29 is 29.4 Å². The summed E-state index contributed by atoms with van der Waals surface area (Å²) in [5, 5.41) is 16.4. The summed E-state index contributed by atoms with van der Waals surface area (Å²) < 4.78 is 0. The molecule has 168 valence electrons. The molecule has 0 saturated heterocycles. The van der Waals surface area contributed by atoms with Gasteiger partial charge in [0.25, 0.3) is 0 Å². The Morgan fingerprint density at radius 2 is 1.03 bits per heavy atom. The first kappa shape index (κ1) is 25.6. The van der Waals surface area contributed by atoms with E-state index in [1.54, 1.807) is 24.3 Å². The predicted octanol–water partition coefficient (Wildman–Crippen LogP) is 1.86. The zero-order chi connectivity index (χ0) is 23.7. The molecule has 1 unspecified atom stereocenters. The van der Waals surface area contributed by atoms with Crippen LogP contribution in [0.1, 0.15) is 31.8 Å². The summed E-state index contributed by atoms with van der Waals surface area (Å²) in [5.41, 5.74) is 14.1. The fourth-order valence-electron chi connectivity index (χ4n) is 2.80. The van der Waals surface area contributed by atoms with E-state index in [9.17, 15) is 19.2 Å². The Kier molecular flexibility index (Phi) is 9.92. The molecule has 2 aromatic carbocycles. The van der Waals surface area contributed by atoms with Crippen LogP contribution in [0.2, 0.25) is 0 Å². The van der Waals surface area contributed by atoms with Crippen molar-refractivity contribution in [1.29, 1.82) is 0 Å². The van der Waals surface area contributed by atoms with Gasteiger partial charge in [-0.05, 0) is 48.2 Å². The molecule has 0 spiro atoms. The number of nitrogens with two attached hydrogens (primary N) is 2. The number of benzene rings is 2. The number of carboxylic acid groups (broad SMARTS) is 2. The molecule has 4 atom stereocenters. The molecule has 0 aliphatic carbocycles. The number of aromatic carboxylic acids is 2. The average molecular weight is 475 g/mol. The van der Waals surface area contributed by atoms with E-state index in [0.717, 1.165) is 32.7 Å². The SMILES string of the molecule is N[C@@H](Cc1ccc(C(=O)O)cc1)C([C]=O)SS[C@H]([C]=O)[C@@H](N)Cc1ccc(C(=O)O)cc1. The largest absolute Gasteiger partial charge is 0.478 e. The molecule has 0 bridgehead atoms. The Balaban J connectivity index is 1.92. The van der Waals surface area contributed by atoms with E-state index in [4.69, 9.17) is 21.7 Å². The van der Waals surface area contributed by atoms with Crippen molar-refractivity contribution in [2.24, 2.45) is 11.5 Å². The fraction of sp³-hybridized carbons (Fsp3) is 0.273. The molecule has 0 aliphatic heterocycles. The van der Waals surface area contributed by atoms with Crippen molar-refractivity contribution in [3.63, 3.8) is 0 Å². The maximum absolute atomic E-state index is 11.4. The van der Waals surface area contributed by atoms with Gasteiger partial charge in [-0.2, -0.15) is 0 Å². The van der Waals surface area contributed by atoms with Crippen molar-refractivity contribution >= 4 is 46.1 Å². The van der Waals surface area contributed by atoms with E-state index in [0.29, 0.717) is 12.8 Å². The number of carbonyl (C=O) groups excluding carboxylic acids is 2. The maximum atomic E-state index is 11.4. The molecule has 6 N–H and O–H groups in total. The fourth-order valence-corrected chi connectivity index (χ4v) is 5.41. The molecule has 2 aromatic rings. The molecule has 0 amide bonds. The summed E-state index contributed by atoms with van der Waals surface area (Å²) >= 11 is 0. The van der Waals surface area contributed by atoms with E-state index in [-0.39, 0.29) is 11.1 Å². The minimum Gasteiger partial charge on any atom is -0.478 e. The van der Waals surface area contributed by atoms with Gasteiger partial charge in [0.1, 0.15) is 0 Å². The Hall–Kier alpha value is -2.66. The summed E-state index contributed by atoms with van der Waals surface area (Å²) in [6.45, 7) is 0. The second-order valence-electron chi connectivity index (χ2n) is 7.01. The zero-order valence-corrected chi connectivity index (χ0v) is 18.5. The second kappa shape index (κ2) is 12.4. The molecule has 10 heteroatoms. The maximum Gasteiger partial charge on any atom is 0.335 e. The van der Waals surface area contributed by atoms with Gasteiger partial charge >= 0.3 is 11.9 Å². The smallest absolute Gasteiger partial charge is 0.335 e. The van der Waals surface area contributed by atoms with Gasteiger partial charge in [-0.25, -0.2) is 9.59 Å². The van der Waals surface area contributed by atoms with Crippen molar-refractivity contribution in [1.82, 2.24) is 0 Å². The second-order valence-corrected chi connectivity index (χ2v) is 9.56. The summed E-state index contributed by atoms with van der Waals surface area (Å²) in [5.74, 6) is -2.06. The highest BCUT2D eigenvalue weighted by molar-refractivity contribution is 8.77. The normalized spacial score (nSPS) is 14.7. The molecule has 0 saturated carbocycles. The Bertz CT molecular complexity index is 859. The number of carboxylic acids is 2. The zero-order valence-electron chi connectivity index (χ0n) is 16.8. The third-order valence-corrected chi connectivity index (χ3v) is 7.61. The van der Waals surface area contributed by atoms with Crippen LogP contribution in [0.3, 0.4) is 0 Å². The van der Waals surface area contributed by atoms with Gasteiger partial charge in [0, 0.05) is 12.1 Å². The van der Waals surface area contributed by atoms with Crippen LogP contribution in [0.4, 0.5) is 0 Å². The van der Waals surface area contributed by atoms with E-state index >= 15 is 0 Å². The molecule has 0 aliphatic rings. The lowest BCUT2D eigenvalue weighted by Gasteiger charge is -2.21. The first-order valence-electron chi connectivity index (χ1n) is 9.48. The van der Waals surface area contributed by atoms with E-state index in [2.05, 4.69) is 0 Å². The summed E-state index contributed by atoms with van der Waals surface area (Å²) in [6, 6.07) is 11.2. The van der Waals surface area contributed by atoms with Gasteiger partial charge in [-0.1, -0.05) is 45.9 Å². The predicted molar refractivity (Wildman–Crippen MR) is 124 cm³/mol. The minimum absolute atomic E-state index is 0.154. The van der Waals surface area contributed by atoms with E-state index in [1.165, 1.54) is 24.3 Å². The Labute approximate surface area is 193 Å². The number of hydrogen-bond acceptors (Lipinski definition) is 8. The van der Waals surface area contributed by atoms with Gasteiger partial charge in [-0.3, -0.25) is 9.59 Å². The Morgan fingerprint density at radius 1 is 0.719 bits per heavy atom. The number of rotatable bonds is 13. The molecule has 2 rings (SSSR count). The quantitative estimate of drug-likeness (QED) is 0.315. The van der Waals surface area contributed by atoms with Crippen molar-refractivity contribution in [2.75, 3.05) is 0 Å². The van der Waals surface area contributed by atoms with Crippen LogP contribution in [0.25, 0.3) is 0 Å². The molecule has 0 fully saturated rings. The summed E-state index contributed by atoms with van der Waals surface area (Å²) in [7, 11) is 2.18. The van der Waals surface area contributed by atoms with E-state index in [1.807, 2.05) is 12.6 Å². The van der Waals surface area contributed by atoms with Crippen LogP contribution in [0.15, 0.2) is 48.5 Å². The molecule has 2 radical (unpaired) electrons. The van der Waals surface area contributed by atoms with Crippen LogP contribution in [0, 0.1) is 0 Å². The Morgan fingerprint density at radius 3 is 1.28 bits per heavy atom.